The molecule has 0 unspecified atom stereocenters. The third kappa shape index (κ3) is 2.66. The molecular weight excluding hydrogens is 264 g/mol. The fourth-order valence-electron chi connectivity index (χ4n) is 2.29. The smallest absolute Gasteiger partial charge is 0.195 e. The number of para-hydroxylation sites is 1. The topological polar surface area (TPSA) is 68.1 Å². The number of carbonyl (C=O) groups excluding carboxylic acids is 1. The number of aromatic nitrogens is 1. The number of hydrogen-bond acceptors (Lipinski definition) is 3. The average Bonchev–Trinajstić information content (AvgIpc) is 2.97. The van der Waals surface area contributed by atoms with Gasteiger partial charge in [0.15, 0.2) is 5.78 Å². The molecule has 106 valence electrons. The maximum atomic E-state index is 12.6. The number of nitrogens with one attached hydrogen (secondary N) is 1. The molecule has 0 radical (unpaired) electrons. The van der Waals surface area contributed by atoms with Gasteiger partial charge >= 0.3 is 0 Å². The highest BCUT2D eigenvalue weighted by Crippen LogP contribution is 2.22. The molecule has 0 amide bonds. The Bertz CT molecular complexity index is 760. The van der Waals surface area contributed by atoms with Gasteiger partial charge in [-0.15, -0.1) is 0 Å². The molecule has 0 saturated carbocycles. The van der Waals surface area contributed by atoms with E-state index in [1.165, 1.54) is 0 Å². The molecule has 0 fully saturated rings. The minimum Gasteiger partial charge on any atom is -0.492 e. The largest absolute Gasteiger partial charge is 0.492 e. The van der Waals surface area contributed by atoms with Crippen molar-refractivity contribution in [1.29, 1.82) is 0 Å². The number of hydrogen-bond donors (Lipinski definition) is 2. The highest BCUT2D eigenvalue weighted by molar-refractivity contribution is 6.16. The first-order chi connectivity index (χ1) is 10.3. The van der Waals surface area contributed by atoms with Crippen LogP contribution in [0.15, 0.2) is 54.7 Å². The van der Waals surface area contributed by atoms with Crippen LogP contribution >= 0.6 is 0 Å². The lowest BCUT2D eigenvalue weighted by molar-refractivity contribution is 0.104. The fraction of sp³-hybridized carbons (Fsp3) is 0.118. The van der Waals surface area contributed by atoms with E-state index in [9.17, 15) is 4.79 Å². The van der Waals surface area contributed by atoms with E-state index < -0.39 is 0 Å². The quantitative estimate of drug-likeness (QED) is 0.706. The van der Waals surface area contributed by atoms with E-state index in [1.54, 1.807) is 30.5 Å². The molecule has 0 aliphatic rings. The van der Waals surface area contributed by atoms with Crippen molar-refractivity contribution < 1.29 is 9.53 Å². The Morgan fingerprint density at radius 1 is 1.10 bits per heavy atom. The number of H-pyrrole nitrogens is 1. The molecule has 1 heterocycles. The summed E-state index contributed by atoms with van der Waals surface area (Å²) >= 11 is 0. The third-order valence-corrected chi connectivity index (χ3v) is 3.34. The van der Waals surface area contributed by atoms with Crippen molar-refractivity contribution in [2.45, 2.75) is 0 Å². The number of carbonyl (C=O) groups is 1. The molecule has 2 aromatic carbocycles. The maximum absolute atomic E-state index is 12.6. The zero-order chi connectivity index (χ0) is 14.7. The SMILES string of the molecule is NCCOc1ccc(C(=O)c2c[nH]c3ccccc23)cc1. The number of ether oxygens (including phenoxy) is 1. The standard InChI is InChI=1S/C17H16N2O2/c18-9-10-21-13-7-5-12(6-8-13)17(20)15-11-19-16-4-2-1-3-14(15)16/h1-8,11,19H,9-10,18H2. The van der Waals surface area contributed by atoms with Gasteiger partial charge in [-0.2, -0.15) is 0 Å². The van der Waals surface area contributed by atoms with Crippen LogP contribution in [-0.4, -0.2) is 23.9 Å². The van der Waals surface area contributed by atoms with Gasteiger partial charge in [-0.3, -0.25) is 4.79 Å². The van der Waals surface area contributed by atoms with Gasteiger partial charge in [0, 0.05) is 34.8 Å². The molecular formula is C17H16N2O2. The molecule has 0 saturated heterocycles. The highest BCUT2D eigenvalue weighted by Gasteiger charge is 2.13. The van der Waals surface area contributed by atoms with E-state index in [2.05, 4.69) is 4.98 Å². The Hall–Kier alpha value is -2.59. The lowest BCUT2D eigenvalue weighted by Crippen LogP contribution is -2.10. The highest BCUT2D eigenvalue weighted by atomic mass is 16.5. The lowest BCUT2D eigenvalue weighted by Gasteiger charge is -2.05. The molecule has 3 aromatic rings. The second-order valence-electron chi connectivity index (χ2n) is 4.74. The van der Waals surface area contributed by atoms with Gasteiger partial charge in [0.1, 0.15) is 12.4 Å². The Morgan fingerprint density at radius 2 is 1.86 bits per heavy atom. The van der Waals surface area contributed by atoms with Crippen LogP contribution in [0.4, 0.5) is 0 Å². The second kappa shape index (κ2) is 5.81. The van der Waals surface area contributed by atoms with Crippen LogP contribution in [-0.2, 0) is 0 Å². The molecule has 4 nitrogen and oxygen atoms in total. The van der Waals surface area contributed by atoms with Crippen molar-refractivity contribution in [3.05, 3.63) is 65.9 Å². The van der Waals surface area contributed by atoms with Crippen molar-refractivity contribution in [2.24, 2.45) is 5.73 Å². The Balaban J connectivity index is 1.88. The summed E-state index contributed by atoms with van der Waals surface area (Å²) in [5.74, 6) is 0.716. The Morgan fingerprint density at radius 3 is 2.62 bits per heavy atom. The van der Waals surface area contributed by atoms with E-state index in [4.69, 9.17) is 10.5 Å². The molecule has 3 rings (SSSR count). The number of benzene rings is 2. The number of fused-ring (bicyclic) bond motifs is 1. The summed E-state index contributed by atoms with van der Waals surface area (Å²) in [5, 5.41) is 0.936. The van der Waals surface area contributed by atoms with Crippen LogP contribution in [0.3, 0.4) is 0 Å². The summed E-state index contributed by atoms with van der Waals surface area (Å²) in [4.78, 5) is 15.7. The predicted molar refractivity (Wildman–Crippen MR) is 82.7 cm³/mol. The van der Waals surface area contributed by atoms with E-state index in [0.717, 1.165) is 16.7 Å². The predicted octanol–water partition coefficient (Wildman–Crippen LogP) is 2.74. The number of nitrogens with two attached hydrogens (primary N) is 1. The van der Waals surface area contributed by atoms with Crippen molar-refractivity contribution in [1.82, 2.24) is 4.98 Å². The van der Waals surface area contributed by atoms with Gasteiger partial charge < -0.3 is 15.5 Å². The number of ketones is 1. The fourth-order valence-corrected chi connectivity index (χ4v) is 2.29. The molecule has 4 heteroatoms. The zero-order valence-corrected chi connectivity index (χ0v) is 11.5. The average molecular weight is 280 g/mol. The van der Waals surface area contributed by atoms with Crippen LogP contribution in [0.5, 0.6) is 5.75 Å². The molecule has 3 N–H and O–H groups in total. The van der Waals surface area contributed by atoms with Gasteiger partial charge in [0.2, 0.25) is 0 Å². The molecule has 1 aromatic heterocycles. The maximum Gasteiger partial charge on any atom is 0.195 e. The Labute approximate surface area is 122 Å². The molecule has 21 heavy (non-hydrogen) atoms. The minimum absolute atomic E-state index is 0.00201. The van der Waals surface area contributed by atoms with Crippen LogP contribution in [0.2, 0.25) is 0 Å². The van der Waals surface area contributed by atoms with Gasteiger partial charge in [-0.1, -0.05) is 18.2 Å². The monoisotopic (exact) mass is 280 g/mol. The van der Waals surface area contributed by atoms with Crippen molar-refractivity contribution >= 4 is 16.7 Å². The van der Waals surface area contributed by atoms with Crippen LogP contribution in [0.1, 0.15) is 15.9 Å². The van der Waals surface area contributed by atoms with E-state index >= 15 is 0 Å². The second-order valence-corrected chi connectivity index (χ2v) is 4.74. The minimum atomic E-state index is -0.00201. The van der Waals surface area contributed by atoms with E-state index in [0.29, 0.717) is 24.3 Å². The summed E-state index contributed by atoms with van der Waals surface area (Å²) < 4.78 is 5.41. The summed E-state index contributed by atoms with van der Waals surface area (Å²) in [6, 6.07) is 14.9. The van der Waals surface area contributed by atoms with Crippen LogP contribution < -0.4 is 10.5 Å². The Kier molecular flexibility index (Phi) is 3.71. The molecule has 0 atom stereocenters. The van der Waals surface area contributed by atoms with Crippen LogP contribution in [0, 0.1) is 0 Å². The van der Waals surface area contributed by atoms with Crippen molar-refractivity contribution in [2.75, 3.05) is 13.2 Å². The normalized spacial score (nSPS) is 10.7. The number of aromatic amines is 1. The summed E-state index contributed by atoms with van der Waals surface area (Å²) in [7, 11) is 0. The first kappa shape index (κ1) is 13.4. The summed E-state index contributed by atoms with van der Waals surface area (Å²) in [6.07, 6.45) is 1.76. The van der Waals surface area contributed by atoms with E-state index in [1.807, 2.05) is 24.3 Å². The van der Waals surface area contributed by atoms with Gasteiger partial charge in [0.25, 0.3) is 0 Å². The van der Waals surface area contributed by atoms with Crippen LogP contribution in [0.25, 0.3) is 10.9 Å². The molecule has 0 aliphatic carbocycles. The molecule has 0 aliphatic heterocycles. The van der Waals surface area contributed by atoms with Gasteiger partial charge in [-0.05, 0) is 30.3 Å². The van der Waals surface area contributed by atoms with Crippen molar-refractivity contribution in [3.63, 3.8) is 0 Å². The molecule has 0 spiro atoms. The van der Waals surface area contributed by atoms with Gasteiger partial charge in [-0.25, -0.2) is 0 Å². The lowest BCUT2D eigenvalue weighted by atomic mass is 10.0. The first-order valence-electron chi connectivity index (χ1n) is 6.83. The molecule has 0 bridgehead atoms. The van der Waals surface area contributed by atoms with Gasteiger partial charge in [0.05, 0.1) is 0 Å². The first-order valence-corrected chi connectivity index (χ1v) is 6.83. The third-order valence-electron chi connectivity index (χ3n) is 3.34. The summed E-state index contributed by atoms with van der Waals surface area (Å²) in [5.41, 5.74) is 7.67. The number of rotatable bonds is 5. The van der Waals surface area contributed by atoms with E-state index in [-0.39, 0.29) is 5.78 Å². The summed E-state index contributed by atoms with van der Waals surface area (Å²) in [6.45, 7) is 0.936. The zero-order valence-electron chi connectivity index (χ0n) is 11.5. The van der Waals surface area contributed by atoms with Crippen molar-refractivity contribution in [3.8, 4) is 5.75 Å².